The van der Waals surface area contributed by atoms with Crippen LogP contribution < -0.4 is 4.74 Å². The lowest BCUT2D eigenvalue weighted by Gasteiger charge is -2.62. The summed E-state index contributed by atoms with van der Waals surface area (Å²) in [6.07, 6.45) is 4.11. The summed E-state index contributed by atoms with van der Waals surface area (Å²) >= 11 is 0. The average molecular weight is 429 g/mol. The molecule has 4 aliphatic rings. The predicted octanol–water partition coefficient (Wildman–Crippen LogP) is 4.13. The fourth-order valence-electron chi connectivity index (χ4n) is 7.24. The Morgan fingerprint density at radius 1 is 1.25 bits per heavy atom. The summed E-state index contributed by atoms with van der Waals surface area (Å²) in [5, 5.41) is 24.6. The highest BCUT2D eigenvalue weighted by Crippen LogP contribution is 2.68. The van der Waals surface area contributed by atoms with E-state index in [1.807, 2.05) is 12.1 Å². The molecule has 1 fully saturated rings. The van der Waals surface area contributed by atoms with Crippen molar-refractivity contribution in [1.29, 1.82) is 0 Å². The fourth-order valence-corrected chi connectivity index (χ4v) is 7.24. The van der Waals surface area contributed by atoms with E-state index < -0.39 is 11.0 Å². The summed E-state index contributed by atoms with van der Waals surface area (Å²) in [4.78, 5) is 6.09. The van der Waals surface area contributed by atoms with Crippen LogP contribution in [0.3, 0.4) is 0 Å². The number of ether oxygens (including phenoxy) is 1. The molecular formula is C27H28N2O3. The molecule has 5 nitrogen and oxygen atoms in total. The van der Waals surface area contributed by atoms with Crippen LogP contribution in [0.25, 0.3) is 10.9 Å². The number of aliphatic hydroxyl groups is 1. The highest BCUT2D eigenvalue weighted by atomic mass is 16.5. The van der Waals surface area contributed by atoms with Gasteiger partial charge < -0.3 is 19.9 Å². The van der Waals surface area contributed by atoms with E-state index in [1.54, 1.807) is 6.07 Å². The Bertz CT molecular complexity index is 1320. The fraction of sp³-hybridized carbons (Fsp3) is 0.407. The van der Waals surface area contributed by atoms with Crippen LogP contribution in [-0.2, 0) is 18.3 Å². The SMILES string of the molecule is CC(C)=CCN1CC[C@]23c4c5ccc(O)c4O[C@H]2c2[nH]c4ccccc4c2C[C@@]3(O)[C@H]1C5. The van der Waals surface area contributed by atoms with E-state index in [0.29, 0.717) is 12.2 Å². The van der Waals surface area contributed by atoms with Gasteiger partial charge in [0.25, 0.3) is 0 Å². The Balaban J connectivity index is 1.51. The van der Waals surface area contributed by atoms with E-state index in [2.05, 4.69) is 48.0 Å². The molecule has 5 heteroatoms. The van der Waals surface area contributed by atoms with Crippen LogP contribution in [-0.4, -0.2) is 44.8 Å². The van der Waals surface area contributed by atoms with Crippen LogP contribution in [0, 0.1) is 0 Å². The molecule has 3 N–H and O–H groups in total. The lowest BCUT2D eigenvalue weighted by atomic mass is 9.49. The minimum atomic E-state index is -0.963. The smallest absolute Gasteiger partial charge is 0.166 e. The molecule has 0 amide bonds. The first-order chi connectivity index (χ1) is 15.4. The molecule has 3 heterocycles. The van der Waals surface area contributed by atoms with Gasteiger partial charge in [0.15, 0.2) is 17.6 Å². The van der Waals surface area contributed by atoms with Gasteiger partial charge in [-0.15, -0.1) is 0 Å². The molecule has 7 rings (SSSR count). The Kier molecular flexibility index (Phi) is 3.50. The molecule has 0 radical (unpaired) electrons. The van der Waals surface area contributed by atoms with Crippen molar-refractivity contribution in [2.75, 3.05) is 13.1 Å². The third-order valence-corrected chi connectivity index (χ3v) is 8.61. The number of hydrogen-bond acceptors (Lipinski definition) is 4. The molecule has 0 unspecified atom stereocenters. The number of aromatic nitrogens is 1. The van der Waals surface area contributed by atoms with Gasteiger partial charge in [0.2, 0.25) is 0 Å². The summed E-state index contributed by atoms with van der Waals surface area (Å²) in [6, 6.07) is 12.1. The van der Waals surface area contributed by atoms with E-state index >= 15 is 0 Å². The van der Waals surface area contributed by atoms with Crippen LogP contribution in [0.4, 0.5) is 0 Å². The minimum Gasteiger partial charge on any atom is -0.504 e. The second-order valence-electron chi connectivity index (χ2n) is 10.3. The Morgan fingerprint density at radius 3 is 2.94 bits per heavy atom. The molecule has 32 heavy (non-hydrogen) atoms. The van der Waals surface area contributed by atoms with E-state index in [9.17, 15) is 10.2 Å². The first-order valence-corrected chi connectivity index (χ1v) is 11.7. The summed E-state index contributed by atoms with van der Waals surface area (Å²) in [5.74, 6) is 0.756. The molecule has 2 aliphatic heterocycles. The van der Waals surface area contributed by atoms with Crippen molar-refractivity contribution in [2.24, 2.45) is 0 Å². The maximum Gasteiger partial charge on any atom is 0.166 e. The number of phenolic OH excluding ortho intramolecular Hbond substituents is 1. The molecule has 1 spiro atoms. The first kappa shape index (κ1) is 18.8. The number of para-hydroxylation sites is 1. The van der Waals surface area contributed by atoms with Crippen LogP contribution >= 0.6 is 0 Å². The van der Waals surface area contributed by atoms with Gasteiger partial charge in [-0.05, 0) is 49.9 Å². The number of H-pyrrole nitrogens is 1. The zero-order valence-corrected chi connectivity index (χ0v) is 18.5. The quantitative estimate of drug-likeness (QED) is 0.537. The van der Waals surface area contributed by atoms with Crippen molar-refractivity contribution in [2.45, 2.75) is 56.3 Å². The lowest BCUT2D eigenvalue weighted by Crippen LogP contribution is -2.74. The third-order valence-electron chi connectivity index (χ3n) is 8.61. The van der Waals surface area contributed by atoms with Gasteiger partial charge in [-0.2, -0.15) is 0 Å². The molecule has 0 saturated carbocycles. The minimum absolute atomic E-state index is 0.00255. The topological polar surface area (TPSA) is 68.7 Å². The van der Waals surface area contributed by atoms with Gasteiger partial charge in [0.1, 0.15) is 0 Å². The number of nitrogens with one attached hydrogen (secondary N) is 1. The van der Waals surface area contributed by atoms with E-state index in [-0.39, 0.29) is 17.9 Å². The molecule has 2 aliphatic carbocycles. The van der Waals surface area contributed by atoms with Crippen molar-refractivity contribution in [3.8, 4) is 11.5 Å². The number of hydrogen-bond donors (Lipinski definition) is 3. The van der Waals surface area contributed by atoms with E-state index in [1.165, 1.54) is 11.1 Å². The molecule has 1 saturated heterocycles. The maximum atomic E-state index is 12.7. The van der Waals surface area contributed by atoms with Gasteiger partial charge >= 0.3 is 0 Å². The second kappa shape index (κ2) is 5.97. The number of benzene rings is 2. The Hall–Kier alpha value is -2.76. The molecule has 2 aromatic carbocycles. The molecule has 3 aromatic rings. The molecule has 2 bridgehead atoms. The lowest BCUT2D eigenvalue weighted by molar-refractivity contribution is -0.170. The van der Waals surface area contributed by atoms with Crippen molar-refractivity contribution >= 4 is 10.9 Å². The Labute approximate surface area is 187 Å². The summed E-state index contributed by atoms with van der Waals surface area (Å²) < 4.78 is 6.59. The second-order valence-corrected chi connectivity index (χ2v) is 10.3. The number of phenols is 1. The monoisotopic (exact) mass is 428 g/mol. The largest absolute Gasteiger partial charge is 0.504 e. The van der Waals surface area contributed by atoms with Crippen LogP contribution in [0.2, 0.25) is 0 Å². The highest BCUT2D eigenvalue weighted by molar-refractivity contribution is 5.86. The third kappa shape index (κ3) is 2.02. The maximum absolute atomic E-state index is 12.7. The molecule has 164 valence electrons. The number of aromatic hydroxyl groups is 1. The predicted molar refractivity (Wildman–Crippen MR) is 123 cm³/mol. The molecular weight excluding hydrogens is 400 g/mol. The normalized spacial score (nSPS) is 31.7. The average Bonchev–Trinajstić information content (AvgIpc) is 3.30. The molecule has 4 atom stereocenters. The van der Waals surface area contributed by atoms with Gasteiger partial charge in [-0.25, -0.2) is 0 Å². The number of rotatable bonds is 2. The van der Waals surface area contributed by atoms with Crippen molar-refractivity contribution in [3.05, 3.63) is 70.4 Å². The van der Waals surface area contributed by atoms with Crippen LogP contribution in [0.15, 0.2) is 48.0 Å². The zero-order chi connectivity index (χ0) is 21.8. The van der Waals surface area contributed by atoms with E-state index in [0.717, 1.165) is 53.7 Å². The van der Waals surface area contributed by atoms with E-state index in [4.69, 9.17) is 4.74 Å². The number of likely N-dealkylation sites (tertiary alicyclic amines) is 1. The number of allylic oxidation sites excluding steroid dienone is 1. The van der Waals surface area contributed by atoms with Crippen LogP contribution in [0.5, 0.6) is 11.5 Å². The van der Waals surface area contributed by atoms with Gasteiger partial charge in [-0.3, -0.25) is 4.90 Å². The van der Waals surface area contributed by atoms with Crippen molar-refractivity contribution < 1.29 is 14.9 Å². The summed E-state index contributed by atoms with van der Waals surface area (Å²) in [5.41, 5.74) is 5.35. The Morgan fingerprint density at radius 2 is 2.09 bits per heavy atom. The van der Waals surface area contributed by atoms with Gasteiger partial charge in [0.05, 0.1) is 16.7 Å². The van der Waals surface area contributed by atoms with Gasteiger partial charge in [0, 0.05) is 42.0 Å². The zero-order valence-electron chi connectivity index (χ0n) is 18.5. The van der Waals surface area contributed by atoms with Gasteiger partial charge in [-0.1, -0.05) is 35.9 Å². The number of piperidine rings is 1. The number of aromatic amines is 1. The molecule has 1 aromatic heterocycles. The number of fused-ring (bicyclic) bond motifs is 4. The summed E-state index contributed by atoms with van der Waals surface area (Å²) in [7, 11) is 0. The van der Waals surface area contributed by atoms with Crippen LogP contribution in [0.1, 0.15) is 48.8 Å². The first-order valence-electron chi connectivity index (χ1n) is 11.7. The number of nitrogens with zero attached hydrogens (tertiary/aromatic N) is 1. The highest BCUT2D eigenvalue weighted by Gasteiger charge is 2.72. The van der Waals surface area contributed by atoms with Crippen molar-refractivity contribution in [3.63, 3.8) is 0 Å². The standard InChI is InChI=1S/C27H28N2O3/c1-15(2)9-11-29-12-10-26-22-16-7-8-20(30)24(22)32-25(26)23-18(14-27(26,31)21(29)13-16)17-5-3-4-6-19(17)28-23/h3-9,21,25,28,30-31H,10-14H2,1-2H3/t21-,25+,26+,27-/m1/s1. The summed E-state index contributed by atoms with van der Waals surface area (Å²) in [6.45, 7) is 6.01. The van der Waals surface area contributed by atoms with Crippen molar-refractivity contribution in [1.82, 2.24) is 9.88 Å².